The molecule has 0 aliphatic carbocycles. The first-order valence-electron chi connectivity index (χ1n) is 6.90. The summed E-state index contributed by atoms with van der Waals surface area (Å²) < 4.78 is 6.32. The monoisotopic (exact) mass is 347 g/mol. The second-order valence-electron chi connectivity index (χ2n) is 4.61. The van der Waals surface area contributed by atoms with Crippen molar-refractivity contribution in [2.24, 2.45) is 0 Å². The number of para-hydroxylation sites is 1. The molecule has 0 saturated carbocycles. The summed E-state index contributed by atoms with van der Waals surface area (Å²) in [6.07, 6.45) is -0.336. The zero-order valence-electron chi connectivity index (χ0n) is 12.1. The summed E-state index contributed by atoms with van der Waals surface area (Å²) >= 11 is 3.37. The molecule has 2 aromatic rings. The van der Waals surface area contributed by atoms with Gasteiger partial charge in [-0.2, -0.15) is 0 Å². The first-order valence-corrected chi connectivity index (χ1v) is 7.70. The number of rotatable bonds is 5. The van der Waals surface area contributed by atoms with Crippen LogP contribution in [0.3, 0.4) is 0 Å². The van der Waals surface area contributed by atoms with Crippen LogP contribution in [0.4, 0.5) is 5.69 Å². The molecular formula is C17H18BrNO2. The van der Waals surface area contributed by atoms with Gasteiger partial charge in [0.2, 0.25) is 0 Å². The number of carbonyl (C=O) groups is 1. The summed E-state index contributed by atoms with van der Waals surface area (Å²) in [5.74, 6) is -0.329. The number of benzene rings is 2. The number of halogens is 1. The number of anilines is 1. The van der Waals surface area contributed by atoms with Gasteiger partial charge >= 0.3 is 5.97 Å². The van der Waals surface area contributed by atoms with E-state index in [0.717, 1.165) is 16.7 Å². The van der Waals surface area contributed by atoms with E-state index < -0.39 is 0 Å². The molecule has 21 heavy (non-hydrogen) atoms. The maximum Gasteiger partial charge on any atom is 0.341 e. The zero-order chi connectivity index (χ0) is 15.2. The molecule has 0 amide bonds. The van der Waals surface area contributed by atoms with Crippen molar-refractivity contribution in [2.45, 2.75) is 20.1 Å². The van der Waals surface area contributed by atoms with Gasteiger partial charge in [-0.25, -0.2) is 4.79 Å². The van der Waals surface area contributed by atoms with Crippen LogP contribution in [0, 0.1) is 0 Å². The van der Waals surface area contributed by atoms with Gasteiger partial charge in [-0.3, -0.25) is 0 Å². The highest BCUT2D eigenvalue weighted by Gasteiger charge is 2.19. The van der Waals surface area contributed by atoms with Crippen molar-refractivity contribution in [1.82, 2.24) is 0 Å². The fourth-order valence-corrected chi connectivity index (χ4v) is 2.62. The van der Waals surface area contributed by atoms with Crippen molar-refractivity contribution in [3.05, 3.63) is 64.6 Å². The van der Waals surface area contributed by atoms with Crippen LogP contribution < -0.4 is 4.90 Å². The number of esters is 1. The van der Waals surface area contributed by atoms with E-state index in [1.807, 2.05) is 67.3 Å². The van der Waals surface area contributed by atoms with Crippen molar-refractivity contribution < 1.29 is 9.53 Å². The average molecular weight is 348 g/mol. The highest BCUT2D eigenvalue weighted by atomic mass is 79.9. The summed E-state index contributed by atoms with van der Waals surface area (Å²) in [5, 5.41) is 0. The standard InChI is InChI=1S/C17H18BrNO2/c1-3-19(14-9-5-4-6-10-14)13(2)21-17(20)15-11-7-8-12-16(15)18/h4-13H,3H2,1-2H3. The van der Waals surface area contributed by atoms with Gasteiger partial charge in [-0.1, -0.05) is 30.3 Å². The molecule has 2 aromatic carbocycles. The normalized spacial score (nSPS) is 11.8. The average Bonchev–Trinajstić information content (AvgIpc) is 2.49. The highest BCUT2D eigenvalue weighted by Crippen LogP contribution is 2.20. The fraction of sp³-hybridized carbons (Fsp3) is 0.235. The Morgan fingerprint density at radius 2 is 1.76 bits per heavy atom. The largest absolute Gasteiger partial charge is 0.438 e. The fourth-order valence-electron chi connectivity index (χ4n) is 2.18. The van der Waals surface area contributed by atoms with Gasteiger partial charge < -0.3 is 9.64 Å². The molecule has 110 valence electrons. The Balaban J connectivity index is 2.11. The molecular weight excluding hydrogens is 330 g/mol. The Kier molecular flexibility index (Phi) is 5.39. The Morgan fingerprint density at radius 3 is 2.38 bits per heavy atom. The van der Waals surface area contributed by atoms with E-state index in [-0.39, 0.29) is 12.2 Å². The van der Waals surface area contributed by atoms with Crippen LogP contribution in [-0.2, 0) is 4.74 Å². The molecule has 4 heteroatoms. The lowest BCUT2D eigenvalue weighted by molar-refractivity contribution is 0.0335. The SMILES string of the molecule is CCN(c1ccccc1)C(C)OC(=O)c1ccccc1Br. The van der Waals surface area contributed by atoms with Crippen LogP contribution >= 0.6 is 15.9 Å². The number of ether oxygens (including phenoxy) is 1. The van der Waals surface area contributed by atoms with Gasteiger partial charge in [0, 0.05) is 16.7 Å². The van der Waals surface area contributed by atoms with E-state index in [9.17, 15) is 4.79 Å². The minimum absolute atomic E-state index is 0.329. The van der Waals surface area contributed by atoms with Crippen molar-refractivity contribution in [1.29, 1.82) is 0 Å². The summed E-state index contributed by atoms with van der Waals surface area (Å²) in [7, 11) is 0. The van der Waals surface area contributed by atoms with Crippen molar-refractivity contribution in [3.63, 3.8) is 0 Å². The third-order valence-electron chi connectivity index (χ3n) is 3.24. The third kappa shape index (κ3) is 3.85. The van der Waals surface area contributed by atoms with Crippen LogP contribution in [0.2, 0.25) is 0 Å². The van der Waals surface area contributed by atoms with Crippen molar-refractivity contribution in [2.75, 3.05) is 11.4 Å². The quantitative estimate of drug-likeness (QED) is 0.589. The van der Waals surface area contributed by atoms with E-state index in [1.165, 1.54) is 0 Å². The van der Waals surface area contributed by atoms with Crippen molar-refractivity contribution >= 4 is 27.6 Å². The number of carbonyl (C=O) groups excluding carboxylic acids is 1. The maximum absolute atomic E-state index is 12.2. The zero-order valence-corrected chi connectivity index (χ0v) is 13.7. The Hall–Kier alpha value is -1.81. The molecule has 1 atom stereocenters. The molecule has 0 saturated heterocycles. The van der Waals surface area contributed by atoms with Crippen molar-refractivity contribution in [3.8, 4) is 0 Å². The second-order valence-corrected chi connectivity index (χ2v) is 5.46. The topological polar surface area (TPSA) is 29.5 Å². The predicted molar refractivity (Wildman–Crippen MR) is 88.5 cm³/mol. The molecule has 0 aromatic heterocycles. The number of hydrogen-bond acceptors (Lipinski definition) is 3. The molecule has 0 spiro atoms. The maximum atomic E-state index is 12.2. The first kappa shape index (κ1) is 15.6. The van der Waals surface area contributed by atoms with Gasteiger partial charge in [0.1, 0.15) is 0 Å². The molecule has 0 radical (unpaired) electrons. The van der Waals surface area contributed by atoms with E-state index in [4.69, 9.17) is 4.74 Å². The number of hydrogen-bond donors (Lipinski definition) is 0. The van der Waals surface area contributed by atoms with Gasteiger partial charge in [-0.05, 0) is 54.0 Å². The first-order chi connectivity index (χ1) is 10.1. The van der Waals surface area contributed by atoms with Crippen LogP contribution in [0.5, 0.6) is 0 Å². The molecule has 0 N–H and O–H groups in total. The van der Waals surface area contributed by atoms with E-state index >= 15 is 0 Å². The lowest BCUT2D eigenvalue weighted by Gasteiger charge is -2.29. The number of nitrogens with zero attached hydrogens (tertiary/aromatic N) is 1. The predicted octanol–water partition coefficient (Wildman–Crippen LogP) is 4.48. The summed E-state index contributed by atoms with van der Waals surface area (Å²) in [5.41, 5.74) is 1.57. The minimum atomic E-state index is -0.336. The summed E-state index contributed by atoms with van der Waals surface area (Å²) in [6.45, 7) is 4.68. The molecule has 0 heterocycles. The lowest BCUT2D eigenvalue weighted by Crippen LogP contribution is -2.36. The van der Waals surface area contributed by atoms with Gasteiger partial charge in [0.25, 0.3) is 0 Å². The van der Waals surface area contributed by atoms with E-state index in [0.29, 0.717) is 5.56 Å². The van der Waals surface area contributed by atoms with Gasteiger partial charge in [-0.15, -0.1) is 0 Å². The molecule has 0 aliphatic heterocycles. The second kappa shape index (κ2) is 7.27. The molecule has 0 fully saturated rings. The molecule has 3 nitrogen and oxygen atoms in total. The summed E-state index contributed by atoms with van der Waals surface area (Å²) in [4.78, 5) is 14.3. The lowest BCUT2D eigenvalue weighted by atomic mass is 10.2. The molecule has 0 bridgehead atoms. The highest BCUT2D eigenvalue weighted by molar-refractivity contribution is 9.10. The smallest absolute Gasteiger partial charge is 0.341 e. The Labute approximate surface area is 133 Å². The van der Waals surface area contributed by atoms with E-state index in [2.05, 4.69) is 15.9 Å². The molecule has 1 unspecified atom stereocenters. The third-order valence-corrected chi connectivity index (χ3v) is 3.93. The van der Waals surface area contributed by atoms with Crippen LogP contribution in [0.15, 0.2) is 59.1 Å². The van der Waals surface area contributed by atoms with Crippen LogP contribution in [-0.4, -0.2) is 18.7 Å². The Bertz CT molecular complexity index is 601. The summed E-state index contributed by atoms with van der Waals surface area (Å²) in [6, 6.07) is 17.2. The van der Waals surface area contributed by atoms with Crippen LogP contribution in [0.1, 0.15) is 24.2 Å². The van der Waals surface area contributed by atoms with Crippen LogP contribution in [0.25, 0.3) is 0 Å². The molecule has 0 aliphatic rings. The van der Waals surface area contributed by atoms with E-state index in [1.54, 1.807) is 6.07 Å². The Morgan fingerprint density at radius 1 is 1.14 bits per heavy atom. The molecule has 2 rings (SSSR count). The van der Waals surface area contributed by atoms with Gasteiger partial charge in [0.05, 0.1) is 5.56 Å². The minimum Gasteiger partial charge on any atom is -0.438 e. The van der Waals surface area contributed by atoms with Gasteiger partial charge in [0.15, 0.2) is 6.23 Å².